The summed E-state index contributed by atoms with van der Waals surface area (Å²) in [5, 5.41) is 0. The molecular weight excluding hydrogens is 476 g/mol. The second-order valence-corrected chi connectivity index (χ2v) is 11.5. The first-order chi connectivity index (χ1) is 18.3. The van der Waals surface area contributed by atoms with Crippen LogP contribution in [0.1, 0.15) is 77.9 Å². The molecule has 204 valence electrons. The summed E-state index contributed by atoms with van der Waals surface area (Å²) < 4.78 is 13.0. The smallest absolute Gasteiger partial charge is 0.133 e. The van der Waals surface area contributed by atoms with Gasteiger partial charge >= 0.3 is 0 Å². The van der Waals surface area contributed by atoms with E-state index in [4.69, 9.17) is 9.47 Å². The monoisotopic (exact) mass is 520 g/mol. The van der Waals surface area contributed by atoms with Gasteiger partial charge in [-0.2, -0.15) is 0 Å². The fraction of sp³-hybridized carbons (Fsp3) is 0.351. The van der Waals surface area contributed by atoms with Gasteiger partial charge in [0.15, 0.2) is 0 Å². The average molecular weight is 521 g/mol. The molecule has 0 saturated heterocycles. The third-order valence-corrected chi connectivity index (χ3v) is 9.17. The van der Waals surface area contributed by atoms with Crippen molar-refractivity contribution in [2.75, 3.05) is 0 Å². The summed E-state index contributed by atoms with van der Waals surface area (Å²) in [7, 11) is 0. The Balaban J connectivity index is 1.73. The number of aryl methyl sites for hydroxylation is 4. The molecule has 0 fully saturated rings. The van der Waals surface area contributed by atoms with Crippen molar-refractivity contribution in [1.82, 2.24) is 0 Å². The molecule has 39 heavy (non-hydrogen) atoms. The van der Waals surface area contributed by atoms with Crippen LogP contribution < -0.4 is 9.47 Å². The van der Waals surface area contributed by atoms with Gasteiger partial charge in [0, 0.05) is 0 Å². The molecule has 0 amide bonds. The normalized spacial score (nSPS) is 11.2. The third kappa shape index (κ3) is 5.35. The number of benzene rings is 4. The minimum atomic E-state index is 0.895. The molecule has 2 heteroatoms. The molecule has 0 saturated carbocycles. The Hall–Kier alpha value is -3.52. The van der Waals surface area contributed by atoms with Crippen molar-refractivity contribution in [3.05, 3.63) is 114 Å². The van der Waals surface area contributed by atoms with Crippen molar-refractivity contribution in [3.63, 3.8) is 0 Å². The van der Waals surface area contributed by atoms with E-state index in [1.54, 1.807) is 0 Å². The minimum absolute atomic E-state index is 0.895. The predicted octanol–water partition coefficient (Wildman–Crippen LogP) is 10.6. The van der Waals surface area contributed by atoms with Gasteiger partial charge < -0.3 is 9.47 Å². The van der Waals surface area contributed by atoms with Gasteiger partial charge in [-0.15, -0.1) is 0 Å². The highest BCUT2D eigenvalue weighted by atomic mass is 16.5. The van der Waals surface area contributed by atoms with E-state index in [1.807, 2.05) is 0 Å². The van der Waals surface area contributed by atoms with E-state index in [0.29, 0.717) is 0 Å². The van der Waals surface area contributed by atoms with Crippen molar-refractivity contribution in [2.45, 2.75) is 89.5 Å². The SMILES string of the molecule is Cc1ccc(Oc2c(C)c(C)c(Cc3c(C)c(C)c(Oc4ccc(C)c(C)c4)c(C)c3C)c(C)c2C)cc1C. The van der Waals surface area contributed by atoms with Gasteiger partial charge in [-0.1, -0.05) is 12.1 Å². The largest absolute Gasteiger partial charge is 0.457 e. The Morgan fingerprint density at radius 3 is 0.974 bits per heavy atom. The highest BCUT2D eigenvalue weighted by molar-refractivity contribution is 5.60. The highest BCUT2D eigenvalue weighted by Crippen LogP contribution is 2.40. The lowest BCUT2D eigenvalue weighted by molar-refractivity contribution is 0.473. The van der Waals surface area contributed by atoms with Crippen molar-refractivity contribution in [2.24, 2.45) is 0 Å². The standard InChI is InChI=1S/C37H44O2/c1-20-13-15-32(17-22(20)3)38-36-28(9)24(5)34(25(6)29(36)10)19-35-26(7)30(11)37(31(12)27(35)8)39-33-16-14-21(2)23(4)18-33/h13-18H,19H2,1-12H3. The summed E-state index contributed by atoms with van der Waals surface area (Å²) in [5.41, 5.74) is 17.9. The second kappa shape index (κ2) is 10.9. The van der Waals surface area contributed by atoms with Crippen molar-refractivity contribution < 1.29 is 9.47 Å². The van der Waals surface area contributed by atoms with Crippen molar-refractivity contribution in [1.29, 1.82) is 0 Å². The van der Waals surface area contributed by atoms with E-state index in [9.17, 15) is 0 Å². The van der Waals surface area contributed by atoms with Crippen LogP contribution in [-0.4, -0.2) is 0 Å². The Morgan fingerprint density at radius 1 is 0.385 bits per heavy atom. The second-order valence-electron chi connectivity index (χ2n) is 11.5. The van der Waals surface area contributed by atoms with Crippen LogP contribution in [0.5, 0.6) is 23.0 Å². The van der Waals surface area contributed by atoms with E-state index in [0.717, 1.165) is 29.4 Å². The molecule has 2 nitrogen and oxygen atoms in total. The molecule has 4 aromatic rings. The van der Waals surface area contributed by atoms with E-state index >= 15 is 0 Å². The van der Waals surface area contributed by atoms with Crippen molar-refractivity contribution >= 4 is 0 Å². The molecule has 0 unspecified atom stereocenters. The van der Waals surface area contributed by atoms with Crippen LogP contribution in [0, 0.1) is 83.1 Å². The van der Waals surface area contributed by atoms with E-state index in [2.05, 4.69) is 119 Å². The molecule has 0 aliphatic rings. The predicted molar refractivity (Wildman–Crippen MR) is 166 cm³/mol. The van der Waals surface area contributed by atoms with Gasteiger partial charge in [-0.05, 0) is 192 Å². The Labute approximate surface area is 236 Å². The first kappa shape index (κ1) is 28.5. The van der Waals surface area contributed by atoms with Crippen LogP contribution in [0.2, 0.25) is 0 Å². The lowest BCUT2D eigenvalue weighted by atomic mass is 9.84. The van der Waals surface area contributed by atoms with Crippen molar-refractivity contribution in [3.8, 4) is 23.0 Å². The maximum absolute atomic E-state index is 6.50. The first-order valence-corrected chi connectivity index (χ1v) is 14.0. The van der Waals surface area contributed by atoms with Gasteiger partial charge in [0.25, 0.3) is 0 Å². The number of rotatable bonds is 6. The molecule has 0 aromatic heterocycles. The molecule has 0 spiro atoms. The van der Waals surface area contributed by atoms with Crippen LogP contribution in [0.4, 0.5) is 0 Å². The van der Waals surface area contributed by atoms with Gasteiger partial charge in [0.05, 0.1) is 0 Å². The van der Waals surface area contributed by atoms with Gasteiger partial charge in [-0.25, -0.2) is 0 Å². The molecule has 0 aliphatic heterocycles. The Morgan fingerprint density at radius 2 is 0.692 bits per heavy atom. The Kier molecular flexibility index (Phi) is 7.98. The summed E-state index contributed by atoms with van der Waals surface area (Å²) >= 11 is 0. The first-order valence-electron chi connectivity index (χ1n) is 14.0. The Bertz CT molecular complexity index is 1410. The molecule has 0 aliphatic carbocycles. The van der Waals surface area contributed by atoms with Crippen LogP contribution >= 0.6 is 0 Å². The summed E-state index contributed by atoms with van der Waals surface area (Å²) in [4.78, 5) is 0. The summed E-state index contributed by atoms with van der Waals surface area (Å²) in [5.74, 6) is 3.76. The van der Waals surface area contributed by atoms with Crippen LogP contribution in [-0.2, 0) is 6.42 Å². The molecule has 0 radical (unpaired) electrons. The molecule has 0 bridgehead atoms. The van der Waals surface area contributed by atoms with E-state index < -0.39 is 0 Å². The molecule has 4 rings (SSSR count). The topological polar surface area (TPSA) is 18.5 Å². The summed E-state index contributed by atoms with van der Waals surface area (Å²) in [6.45, 7) is 26.3. The minimum Gasteiger partial charge on any atom is -0.457 e. The highest BCUT2D eigenvalue weighted by Gasteiger charge is 2.21. The van der Waals surface area contributed by atoms with Gasteiger partial charge in [-0.3, -0.25) is 0 Å². The maximum Gasteiger partial charge on any atom is 0.133 e. The maximum atomic E-state index is 6.50. The summed E-state index contributed by atoms with van der Waals surface area (Å²) in [6.07, 6.45) is 0.895. The quantitative estimate of drug-likeness (QED) is 0.252. The number of hydrogen-bond acceptors (Lipinski definition) is 2. The molecule has 4 aromatic carbocycles. The average Bonchev–Trinajstić information content (AvgIpc) is 2.90. The van der Waals surface area contributed by atoms with Gasteiger partial charge in [0.1, 0.15) is 23.0 Å². The summed E-state index contributed by atoms with van der Waals surface area (Å²) in [6, 6.07) is 12.7. The molecule has 0 heterocycles. The number of ether oxygens (including phenoxy) is 2. The lowest BCUT2D eigenvalue weighted by Crippen LogP contribution is -2.08. The van der Waals surface area contributed by atoms with E-state index in [1.165, 1.54) is 77.9 Å². The third-order valence-electron chi connectivity index (χ3n) is 9.17. The van der Waals surface area contributed by atoms with Crippen LogP contribution in [0.25, 0.3) is 0 Å². The molecule has 0 atom stereocenters. The van der Waals surface area contributed by atoms with E-state index in [-0.39, 0.29) is 0 Å². The zero-order valence-electron chi connectivity index (χ0n) is 26.0. The van der Waals surface area contributed by atoms with Crippen LogP contribution in [0.3, 0.4) is 0 Å². The fourth-order valence-corrected chi connectivity index (χ4v) is 5.52. The zero-order chi connectivity index (χ0) is 28.8. The van der Waals surface area contributed by atoms with Crippen LogP contribution in [0.15, 0.2) is 36.4 Å². The molecular formula is C37H44O2. The molecule has 0 N–H and O–H groups in total. The lowest BCUT2D eigenvalue weighted by Gasteiger charge is -2.24. The van der Waals surface area contributed by atoms with Gasteiger partial charge in [0.2, 0.25) is 0 Å². The fourth-order valence-electron chi connectivity index (χ4n) is 5.52. The number of hydrogen-bond donors (Lipinski definition) is 0. The zero-order valence-corrected chi connectivity index (χ0v) is 26.0.